The van der Waals surface area contributed by atoms with Crippen LogP contribution in [0.2, 0.25) is 0 Å². The molecule has 13 heavy (non-hydrogen) atoms. The highest BCUT2D eigenvalue weighted by Gasteiger charge is 2.22. The Balaban J connectivity index is 2.40. The molecular formula is C12H25N. The first-order valence-electron chi connectivity index (χ1n) is 6.05. The normalized spacial score (nSPS) is 25.4. The van der Waals surface area contributed by atoms with Crippen LogP contribution in [0.25, 0.3) is 0 Å². The molecule has 1 saturated heterocycles. The van der Waals surface area contributed by atoms with Crippen LogP contribution in [0.5, 0.6) is 0 Å². The van der Waals surface area contributed by atoms with Gasteiger partial charge in [0.05, 0.1) is 0 Å². The van der Waals surface area contributed by atoms with Crippen LogP contribution in [0, 0.1) is 5.92 Å². The zero-order chi connectivity index (χ0) is 9.68. The van der Waals surface area contributed by atoms with Gasteiger partial charge in [0.15, 0.2) is 0 Å². The van der Waals surface area contributed by atoms with Crippen molar-refractivity contribution in [2.24, 2.45) is 5.92 Å². The van der Waals surface area contributed by atoms with Gasteiger partial charge in [-0.3, -0.25) is 0 Å². The predicted molar refractivity (Wildman–Crippen MR) is 59.0 cm³/mol. The number of hydrogen-bond acceptors (Lipinski definition) is 1. The molecule has 78 valence electrons. The van der Waals surface area contributed by atoms with E-state index in [-0.39, 0.29) is 0 Å². The third-order valence-electron chi connectivity index (χ3n) is 3.59. The Morgan fingerprint density at radius 1 is 1.23 bits per heavy atom. The second kappa shape index (κ2) is 5.64. The van der Waals surface area contributed by atoms with E-state index in [4.69, 9.17) is 0 Å². The quantitative estimate of drug-likeness (QED) is 0.646. The SMILES string of the molecule is CCC1CCCN(C(CC)CC)C1. The summed E-state index contributed by atoms with van der Waals surface area (Å²) >= 11 is 0. The van der Waals surface area contributed by atoms with Crippen molar-refractivity contribution in [3.8, 4) is 0 Å². The fourth-order valence-corrected chi connectivity index (χ4v) is 2.57. The smallest absolute Gasteiger partial charge is 0.00901 e. The van der Waals surface area contributed by atoms with E-state index in [0.29, 0.717) is 0 Å². The summed E-state index contributed by atoms with van der Waals surface area (Å²) in [5.74, 6) is 0.981. The molecule has 0 saturated carbocycles. The van der Waals surface area contributed by atoms with Crippen molar-refractivity contribution in [3.63, 3.8) is 0 Å². The van der Waals surface area contributed by atoms with Gasteiger partial charge in [0.2, 0.25) is 0 Å². The third kappa shape index (κ3) is 2.98. The summed E-state index contributed by atoms with van der Waals surface area (Å²) in [7, 11) is 0. The van der Waals surface area contributed by atoms with E-state index in [1.54, 1.807) is 0 Å². The molecule has 0 aromatic rings. The predicted octanol–water partition coefficient (Wildman–Crippen LogP) is 3.30. The number of nitrogens with zero attached hydrogens (tertiary/aromatic N) is 1. The van der Waals surface area contributed by atoms with Crippen molar-refractivity contribution in [3.05, 3.63) is 0 Å². The van der Waals surface area contributed by atoms with Gasteiger partial charge in [0, 0.05) is 12.6 Å². The lowest BCUT2D eigenvalue weighted by Gasteiger charge is -2.37. The van der Waals surface area contributed by atoms with E-state index in [1.807, 2.05) is 0 Å². The molecule has 0 spiro atoms. The van der Waals surface area contributed by atoms with E-state index < -0.39 is 0 Å². The molecule has 1 heterocycles. The summed E-state index contributed by atoms with van der Waals surface area (Å²) in [5.41, 5.74) is 0. The largest absolute Gasteiger partial charge is 0.300 e. The Morgan fingerprint density at radius 2 is 1.92 bits per heavy atom. The minimum absolute atomic E-state index is 0.856. The molecule has 1 unspecified atom stereocenters. The molecular weight excluding hydrogens is 158 g/mol. The Labute approximate surface area is 83.5 Å². The summed E-state index contributed by atoms with van der Waals surface area (Å²) < 4.78 is 0. The second-order valence-electron chi connectivity index (χ2n) is 4.38. The highest BCUT2D eigenvalue weighted by atomic mass is 15.2. The highest BCUT2D eigenvalue weighted by molar-refractivity contribution is 4.77. The molecule has 0 N–H and O–H groups in total. The van der Waals surface area contributed by atoms with Gasteiger partial charge in [-0.25, -0.2) is 0 Å². The van der Waals surface area contributed by atoms with Gasteiger partial charge < -0.3 is 4.90 Å². The van der Waals surface area contributed by atoms with E-state index in [2.05, 4.69) is 25.7 Å². The number of piperidine rings is 1. The van der Waals surface area contributed by atoms with Crippen molar-refractivity contribution in [1.29, 1.82) is 0 Å². The maximum absolute atomic E-state index is 2.72. The van der Waals surface area contributed by atoms with Gasteiger partial charge in [-0.1, -0.05) is 27.2 Å². The topological polar surface area (TPSA) is 3.24 Å². The van der Waals surface area contributed by atoms with Gasteiger partial charge in [-0.05, 0) is 38.1 Å². The molecule has 1 atom stereocenters. The molecule has 0 aromatic carbocycles. The maximum atomic E-state index is 2.72. The molecule has 0 aliphatic carbocycles. The average molecular weight is 183 g/mol. The molecule has 1 fully saturated rings. The van der Waals surface area contributed by atoms with Crippen molar-refractivity contribution >= 4 is 0 Å². The van der Waals surface area contributed by atoms with Crippen LogP contribution in [-0.4, -0.2) is 24.0 Å². The standard InChI is InChI=1S/C12H25N/c1-4-11-8-7-9-13(10-11)12(5-2)6-3/h11-12H,4-10H2,1-3H3. The summed E-state index contributed by atoms with van der Waals surface area (Å²) in [6, 6.07) is 0.856. The zero-order valence-corrected chi connectivity index (χ0v) is 9.55. The van der Waals surface area contributed by atoms with E-state index in [0.717, 1.165) is 12.0 Å². The molecule has 0 radical (unpaired) electrons. The van der Waals surface area contributed by atoms with Gasteiger partial charge in [-0.15, -0.1) is 0 Å². The Morgan fingerprint density at radius 3 is 2.46 bits per heavy atom. The lowest BCUT2D eigenvalue weighted by atomic mass is 9.93. The van der Waals surface area contributed by atoms with E-state index >= 15 is 0 Å². The van der Waals surface area contributed by atoms with Crippen LogP contribution in [0.4, 0.5) is 0 Å². The van der Waals surface area contributed by atoms with Crippen molar-refractivity contribution in [2.75, 3.05) is 13.1 Å². The zero-order valence-electron chi connectivity index (χ0n) is 9.55. The summed E-state index contributed by atoms with van der Waals surface area (Å²) in [5, 5.41) is 0. The van der Waals surface area contributed by atoms with Crippen molar-refractivity contribution in [1.82, 2.24) is 4.90 Å². The van der Waals surface area contributed by atoms with Gasteiger partial charge >= 0.3 is 0 Å². The fourth-order valence-electron chi connectivity index (χ4n) is 2.57. The Bertz CT molecular complexity index is 129. The molecule has 1 heteroatoms. The molecule has 1 rings (SSSR count). The minimum Gasteiger partial charge on any atom is -0.300 e. The first-order valence-corrected chi connectivity index (χ1v) is 6.05. The van der Waals surface area contributed by atoms with Gasteiger partial charge in [0.1, 0.15) is 0 Å². The van der Waals surface area contributed by atoms with Crippen molar-refractivity contribution < 1.29 is 0 Å². The number of hydrogen-bond donors (Lipinski definition) is 0. The number of likely N-dealkylation sites (tertiary alicyclic amines) is 1. The van der Waals surface area contributed by atoms with Crippen LogP contribution in [-0.2, 0) is 0 Å². The Hall–Kier alpha value is -0.0400. The Kier molecular flexibility index (Phi) is 4.79. The molecule has 1 aliphatic heterocycles. The first kappa shape index (κ1) is 11.0. The van der Waals surface area contributed by atoms with Gasteiger partial charge in [0.25, 0.3) is 0 Å². The summed E-state index contributed by atoms with van der Waals surface area (Å²) in [6.45, 7) is 9.69. The highest BCUT2D eigenvalue weighted by Crippen LogP contribution is 2.22. The number of rotatable bonds is 4. The fraction of sp³-hybridized carbons (Fsp3) is 1.00. The average Bonchev–Trinajstić information content (AvgIpc) is 2.20. The van der Waals surface area contributed by atoms with Crippen LogP contribution < -0.4 is 0 Å². The summed E-state index contributed by atoms with van der Waals surface area (Å²) in [4.78, 5) is 2.72. The molecule has 0 amide bonds. The second-order valence-corrected chi connectivity index (χ2v) is 4.38. The lowest BCUT2D eigenvalue weighted by molar-refractivity contribution is 0.115. The van der Waals surface area contributed by atoms with Crippen LogP contribution in [0.15, 0.2) is 0 Å². The summed E-state index contributed by atoms with van der Waals surface area (Å²) in [6.07, 6.45) is 6.92. The molecule has 0 aromatic heterocycles. The minimum atomic E-state index is 0.856. The first-order chi connectivity index (χ1) is 6.31. The maximum Gasteiger partial charge on any atom is 0.00901 e. The van der Waals surface area contributed by atoms with Crippen LogP contribution in [0.1, 0.15) is 52.9 Å². The lowest BCUT2D eigenvalue weighted by Crippen LogP contribution is -2.42. The molecule has 1 nitrogen and oxygen atoms in total. The molecule has 1 aliphatic rings. The molecule has 0 bridgehead atoms. The van der Waals surface area contributed by atoms with Crippen LogP contribution in [0.3, 0.4) is 0 Å². The van der Waals surface area contributed by atoms with E-state index in [1.165, 1.54) is 45.2 Å². The van der Waals surface area contributed by atoms with Gasteiger partial charge in [-0.2, -0.15) is 0 Å². The van der Waals surface area contributed by atoms with Crippen LogP contribution >= 0.6 is 0 Å². The third-order valence-corrected chi connectivity index (χ3v) is 3.59. The van der Waals surface area contributed by atoms with Crippen molar-refractivity contribution in [2.45, 2.75) is 58.9 Å². The monoisotopic (exact) mass is 183 g/mol. The van der Waals surface area contributed by atoms with E-state index in [9.17, 15) is 0 Å².